The van der Waals surface area contributed by atoms with Gasteiger partial charge in [-0.25, -0.2) is 24.3 Å². The van der Waals surface area contributed by atoms with E-state index in [1.165, 1.54) is 31.0 Å². The maximum atomic E-state index is 15.4. The van der Waals surface area contributed by atoms with Crippen LogP contribution >= 0.6 is 15.9 Å². The summed E-state index contributed by atoms with van der Waals surface area (Å²) in [4.78, 5) is 16.8. The van der Waals surface area contributed by atoms with E-state index in [2.05, 4.69) is 35.9 Å². The lowest BCUT2D eigenvalue weighted by Gasteiger charge is -2.19. The molecule has 0 saturated heterocycles. The highest BCUT2D eigenvalue weighted by Crippen LogP contribution is 2.44. The third kappa shape index (κ3) is 4.04. The van der Waals surface area contributed by atoms with E-state index in [1.807, 2.05) is 6.07 Å². The molecule has 38 heavy (non-hydrogen) atoms. The van der Waals surface area contributed by atoms with Crippen LogP contribution in [-0.4, -0.2) is 24.5 Å². The minimum atomic E-state index is -0.725. The van der Waals surface area contributed by atoms with Crippen LogP contribution in [0.2, 0.25) is 0 Å². The van der Waals surface area contributed by atoms with Crippen molar-refractivity contribution < 1.29 is 18.6 Å². The van der Waals surface area contributed by atoms with Crippen molar-refractivity contribution in [2.24, 2.45) is 0 Å². The Morgan fingerprint density at radius 3 is 2.61 bits per heavy atom. The summed E-state index contributed by atoms with van der Waals surface area (Å²) in [7, 11) is 0. The molecule has 12 heteroatoms. The largest absolute Gasteiger partial charge is 0.455 e. The van der Waals surface area contributed by atoms with Gasteiger partial charge in [0.15, 0.2) is 17.4 Å². The number of halogens is 2. The molecule has 1 aliphatic heterocycles. The molecule has 0 spiro atoms. The first kappa shape index (κ1) is 23.7. The summed E-state index contributed by atoms with van der Waals surface area (Å²) in [5.74, 6) is -0.452. The Morgan fingerprint density at radius 2 is 1.84 bits per heavy atom. The second-order valence-electron chi connectivity index (χ2n) is 8.37. The average Bonchev–Trinajstić information content (AvgIpc) is 3.53. The number of aromatic nitrogens is 5. The minimum absolute atomic E-state index is 0.0346. The van der Waals surface area contributed by atoms with Crippen LogP contribution in [0.25, 0.3) is 28.0 Å². The zero-order chi connectivity index (χ0) is 26.4. The van der Waals surface area contributed by atoms with Crippen LogP contribution in [0.5, 0.6) is 11.8 Å². The molecule has 5 aromatic rings. The van der Waals surface area contributed by atoms with Crippen molar-refractivity contribution in [2.75, 3.05) is 11.5 Å². The summed E-state index contributed by atoms with van der Waals surface area (Å²) in [6.07, 6.45) is 5.10. The molecule has 0 fully saturated rings. The summed E-state index contributed by atoms with van der Waals surface area (Å²) in [5.41, 5.74) is 17.1. The van der Waals surface area contributed by atoms with E-state index < -0.39 is 12.1 Å². The van der Waals surface area contributed by atoms with Gasteiger partial charge in [-0.05, 0) is 53.2 Å². The van der Waals surface area contributed by atoms with Crippen molar-refractivity contribution in [1.29, 1.82) is 0 Å². The van der Waals surface area contributed by atoms with E-state index in [0.717, 1.165) is 0 Å². The molecule has 0 atom stereocenters. The molecule has 0 radical (unpaired) electrons. The Labute approximate surface area is 223 Å². The summed E-state index contributed by atoms with van der Waals surface area (Å²) < 4.78 is 34.6. The third-order valence-electron chi connectivity index (χ3n) is 5.91. The number of nitrogen functional groups attached to an aromatic ring is 2. The van der Waals surface area contributed by atoms with E-state index in [4.69, 9.17) is 25.7 Å². The number of rotatable bonds is 5. The minimum Gasteiger partial charge on any atom is -0.455 e. The molecule has 0 bridgehead atoms. The van der Waals surface area contributed by atoms with E-state index >= 15 is 4.39 Å². The predicted octanol–water partition coefficient (Wildman–Crippen LogP) is 5.56. The highest BCUT2D eigenvalue weighted by atomic mass is 79.9. The quantitative estimate of drug-likeness (QED) is 0.258. The number of hydrogen-bond acceptors (Lipinski definition) is 9. The van der Waals surface area contributed by atoms with Crippen molar-refractivity contribution in [3.05, 3.63) is 89.1 Å². The second kappa shape index (κ2) is 9.30. The molecule has 4 N–H and O–H groups in total. The highest BCUT2D eigenvalue weighted by molar-refractivity contribution is 9.10. The molecule has 3 aromatic heterocycles. The number of ether oxygens (including phenoxy) is 3. The lowest BCUT2D eigenvalue weighted by atomic mass is 10.0. The van der Waals surface area contributed by atoms with Crippen LogP contribution in [0.3, 0.4) is 0 Å². The monoisotopic (exact) mass is 575 g/mol. The van der Waals surface area contributed by atoms with Crippen LogP contribution in [-0.2, 0) is 9.47 Å². The predicted molar refractivity (Wildman–Crippen MR) is 142 cm³/mol. The van der Waals surface area contributed by atoms with E-state index in [9.17, 15) is 0 Å². The van der Waals surface area contributed by atoms with Gasteiger partial charge in [-0.2, -0.15) is 0 Å². The standard InChI is InChI=1S/C26H19BrFN7O3/c1-13-6-7-31-26(34-13)38-19-5-3-15(11-18(19)28)35-22(20(27)21-23(35)24(30)33-12-32-21)16-4-2-14(29)10-17(16)25-36-8-9-37-25/h2-12,25H,29H2,1H3,(H2,30,32,33). The van der Waals surface area contributed by atoms with E-state index in [1.54, 1.807) is 42.0 Å². The van der Waals surface area contributed by atoms with Crippen molar-refractivity contribution in [1.82, 2.24) is 24.5 Å². The number of nitrogens with two attached hydrogens (primary N) is 2. The van der Waals surface area contributed by atoms with Gasteiger partial charge in [-0.15, -0.1) is 0 Å². The van der Waals surface area contributed by atoms with Gasteiger partial charge in [0.1, 0.15) is 29.9 Å². The van der Waals surface area contributed by atoms with Crippen LogP contribution < -0.4 is 16.2 Å². The number of anilines is 2. The molecule has 10 nitrogen and oxygen atoms in total. The van der Waals surface area contributed by atoms with Crippen LogP contribution in [0.1, 0.15) is 17.5 Å². The maximum Gasteiger partial charge on any atom is 0.322 e. The Kier molecular flexibility index (Phi) is 5.80. The topological polar surface area (TPSA) is 136 Å². The SMILES string of the molecule is Cc1ccnc(Oc2ccc(-n3c(-c4ccc(N)cc4C4OC=CO4)c(Br)c4ncnc(N)c43)cc2F)n1. The fraction of sp³-hybridized carbons (Fsp3) is 0.0769. The molecule has 6 rings (SSSR count). The second-order valence-corrected chi connectivity index (χ2v) is 9.17. The average molecular weight is 576 g/mol. The molecule has 0 amide bonds. The van der Waals surface area contributed by atoms with E-state index in [-0.39, 0.29) is 17.6 Å². The first-order chi connectivity index (χ1) is 18.4. The van der Waals surface area contributed by atoms with Gasteiger partial charge >= 0.3 is 6.01 Å². The van der Waals surface area contributed by atoms with Gasteiger partial charge in [-0.1, -0.05) is 6.07 Å². The van der Waals surface area contributed by atoms with Gasteiger partial charge < -0.3 is 30.2 Å². The Morgan fingerprint density at radius 1 is 1.03 bits per heavy atom. The highest BCUT2D eigenvalue weighted by Gasteiger charge is 2.28. The van der Waals surface area contributed by atoms with Gasteiger partial charge in [-0.3, -0.25) is 0 Å². The van der Waals surface area contributed by atoms with Gasteiger partial charge in [0.25, 0.3) is 6.29 Å². The van der Waals surface area contributed by atoms with Crippen LogP contribution in [0, 0.1) is 12.7 Å². The zero-order valence-corrected chi connectivity index (χ0v) is 21.4. The van der Waals surface area contributed by atoms with Crippen molar-refractivity contribution in [3.8, 4) is 28.7 Å². The summed E-state index contributed by atoms with van der Waals surface area (Å²) in [6, 6.07) is 11.6. The Balaban J connectivity index is 1.55. The molecule has 0 unspecified atom stereocenters. The summed E-state index contributed by atoms with van der Waals surface area (Å²) >= 11 is 3.69. The first-order valence-corrected chi connectivity index (χ1v) is 12.1. The fourth-order valence-corrected chi connectivity index (χ4v) is 4.94. The lowest BCUT2D eigenvalue weighted by molar-refractivity contribution is -0.0241. The molecule has 4 heterocycles. The molecule has 0 aliphatic carbocycles. The smallest absolute Gasteiger partial charge is 0.322 e. The normalized spacial score (nSPS) is 13.0. The summed E-state index contributed by atoms with van der Waals surface area (Å²) in [6.45, 7) is 1.79. The zero-order valence-electron chi connectivity index (χ0n) is 19.8. The number of nitrogens with zero attached hydrogens (tertiary/aromatic N) is 5. The lowest BCUT2D eigenvalue weighted by Crippen LogP contribution is -2.06. The molecule has 0 saturated carbocycles. The van der Waals surface area contributed by atoms with Crippen LogP contribution in [0.4, 0.5) is 15.9 Å². The Hall–Kier alpha value is -4.71. The number of aryl methyl sites for hydroxylation is 1. The van der Waals surface area contributed by atoms with Crippen molar-refractivity contribution in [3.63, 3.8) is 0 Å². The molecule has 2 aromatic carbocycles. The van der Waals surface area contributed by atoms with Crippen molar-refractivity contribution in [2.45, 2.75) is 13.2 Å². The maximum absolute atomic E-state index is 15.4. The number of hydrogen-bond donors (Lipinski definition) is 2. The molecule has 1 aliphatic rings. The third-order valence-corrected chi connectivity index (χ3v) is 6.66. The van der Waals surface area contributed by atoms with Crippen LogP contribution in [0.15, 0.2) is 72.0 Å². The molecular weight excluding hydrogens is 557 g/mol. The molecular formula is C26H19BrFN7O3. The van der Waals surface area contributed by atoms with Gasteiger partial charge in [0, 0.05) is 40.5 Å². The molecule has 190 valence electrons. The van der Waals surface area contributed by atoms with E-state index in [0.29, 0.717) is 49.4 Å². The number of fused-ring (bicyclic) bond motifs is 1. The van der Waals surface area contributed by atoms with Gasteiger partial charge in [0.05, 0.1) is 10.2 Å². The number of benzene rings is 2. The first-order valence-electron chi connectivity index (χ1n) is 11.3. The van der Waals surface area contributed by atoms with Crippen molar-refractivity contribution >= 4 is 38.5 Å². The van der Waals surface area contributed by atoms with Gasteiger partial charge in [0.2, 0.25) is 0 Å². The summed E-state index contributed by atoms with van der Waals surface area (Å²) in [5, 5.41) is 0. The Bertz CT molecular complexity index is 1730. The fourth-order valence-electron chi connectivity index (χ4n) is 4.25.